The minimum absolute atomic E-state index is 0.0420. The zero-order valence-corrected chi connectivity index (χ0v) is 12.8. The van der Waals surface area contributed by atoms with Gasteiger partial charge in [-0.15, -0.1) is 0 Å². The lowest BCUT2D eigenvalue weighted by Crippen LogP contribution is -2.26. The van der Waals surface area contributed by atoms with Crippen molar-refractivity contribution in [3.63, 3.8) is 0 Å². The van der Waals surface area contributed by atoms with Crippen LogP contribution < -0.4 is 0 Å². The van der Waals surface area contributed by atoms with Gasteiger partial charge in [0.15, 0.2) is 0 Å². The molecule has 2 aromatic carbocycles. The summed E-state index contributed by atoms with van der Waals surface area (Å²) in [5.74, 6) is 0.0566. The Hall–Kier alpha value is -1.64. The van der Waals surface area contributed by atoms with Crippen LogP contribution in [-0.4, -0.2) is 11.2 Å². The van der Waals surface area contributed by atoms with Crippen LogP contribution in [0.4, 0.5) is 0 Å². The number of hydrogen-bond donors (Lipinski definition) is 1. The van der Waals surface area contributed by atoms with Gasteiger partial charge in [-0.05, 0) is 17.5 Å². The molecule has 0 heterocycles. The fraction of sp³-hybridized carbons (Fsp3) is 0.368. The molecular formula is C19H24O2. The van der Waals surface area contributed by atoms with Crippen molar-refractivity contribution in [1.82, 2.24) is 0 Å². The van der Waals surface area contributed by atoms with Crippen molar-refractivity contribution in [3.05, 3.63) is 71.8 Å². The first-order chi connectivity index (χ1) is 10.2. The molecule has 1 N–H and O–H groups in total. The van der Waals surface area contributed by atoms with Crippen molar-refractivity contribution < 1.29 is 9.84 Å². The summed E-state index contributed by atoms with van der Waals surface area (Å²) in [5, 5.41) is 10.5. The van der Waals surface area contributed by atoms with Gasteiger partial charge in [0.2, 0.25) is 0 Å². The maximum Gasteiger partial charge on any atom is 0.0840 e. The molecule has 3 atom stereocenters. The van der Waals surface area contributed by atoms with Crippen molar-refractivity contribution in [1.29, 1.82) is 0 Å². The van der Waals surface area contributed by atoms with Gasteiger partial charge in [-0.2, -0.15) is 0 Å². The van der Waals surface area contributed by atoms with Crippen LogP contribution in [0.5, 0.6) is 0 Å². The van der Waals surface area contributed by atoms with Gasteiger partial charge in [-0.25, -0.2) is 0 Å². The Morgan fingerprint density at radius 3 is 2.10 bits per heavy atom. The van der Waals surface area contributed by atoms with Gasteiger partial charge < -0.3 is 9.84 Å². The molecule has 2 rings (SSSR count). The summed E-state index contributed by atoms with van der Waals surface area (Å²) in [7, 11) is 0. The maximum atomic E-state index is 10.5. The van der Waals surface area contributed by atoms with Crippen LogP contribution >= 0.6 is 0 Å². The highest BCUT2D eigenvalue weighted by Gasteiger charge is 2.24. The molecule has 0 fully saturated rings. The summed E-state index contributed by atoms with van der Waals surface area (Å²) >= 11 is 0. The number of benzene rings is 2. The zero-order chi connectivity index (χ0) is 15.1. The molecule has 21 heavy (non-hydrogen) atoms. The van der Waals surface area contributed by atoms with Gasteiger partial charge in [0.05, 0.1) is 18.8 Å². The van der Waals surface area contributed by atoms with E-state index in [2.05, 4.69) is 26.0 Å². The van der Waals surface area contributed by atoms with Crippen LogP contribution in [0, 0.1) is 5.92 Å². The summed E-state index contributed by atoms with van der Waals surface area (Å²) in [6, 6.07) is 20.0. The number of rotatable bonds is 7. The molecule has 112 valence electrons. The largest absolute Gasteiger partial charge is 0.388 e. The Bertz CT molecular complexity index is 510. The average Bonchev–Trinajstić information content (AvgIpc) is 2.56. The molecule has 2 nitrogen and oxygen atoms in total. The van der Waals surface area contributed by atoms with E-state index in [9.17, 15) is 5.11 Å². The van der Waals surface area contributed by atoms with E-state index in [1.54, 1.807) is 0 Å². The molecule has 0 spiro atoms. The maximum absolute atomic E-state index is 10.5. The predicted molar refractivity (Wildman–Crippen MR) is 85.9 cm³/mol. The van der Waals surface area contributed by atoms with Crippen LogP contribution in [0.2, 0.25) is 0 Å². The highest BCUT2D eigenvalue weighted by molar-refractivity contribution is 5.18. The van der Waals surface area contributed by atoms with Gasteiger partial charge in [0.1, 0.15) is 0 Å². The fourth-order valence-electron chi connectivity index (χ4n) is 2.58. The van der Waals surface area contributed by atoms with E-state index in [4.69, 9.17) is 4.74 Å². The summed E-state index contributed by atoms with van der Waals surface area (Å²) in [6.45, 7) is 4.74. The standard InChI is InChI=1S/C19H24O2/c1-3-18(21-14-16-10-6-4-7-11-16)15(2)19(20)17-12-8-5-9-13-17/h4-13,15,18-20H,3,14H2,1-2H3. The second-order valence-corrected chi connectivity index (χ2v) is 5.46. The van der Waals surface area contributed by atoms with Crippen molar-refractivity contribution in [2.24, 2.45) is 5.92 Å². The van der Waals surface area contributed by atoms with E-state index < -0.39 is 6.10 Å². The third-order valence-corrected chi connectivity index (χ3v) is 3.93. The van der Waals surface area contributed by atoms with Crippen LogP contribution in [0.25, 0.3) is 0 Å². The van der Waals surface area contributed by atoms with E-state index in [1.807, 2.05) is 48.5 Å². The van der Waals surface area contributed by atoms with Crippen molar-refractivity contribution in [2.45, 2.75) is 39.1 Å². The molecular weight excluding hydrogens is 260 g/mol. The summed E-state index contributed by atoms with van der Waals surface area (Å²) < 4.78 is 6.02. The normalized spacial score (nSPS) is 15.4. The Morgan fingerprint density at radius 1 is 0.952 bits per heavy atom. The molecule has 0 aliphatic carbocycles. The van der Waals surface area contributed by atoms with E-state index in [0.717, 1.165) is 17.5 Å². The van der Waals surface area contributed by atoms with E-state index >= 15 is 0 Å². The van der Waals surface area contributed by atoms with Crippen molar-refractivity contribution >= 4 is 0 Å². The number of aliphatic hydroxyl groups is 1. The first kappa shape index (κ1) is 15.7. The first-order valence-electron chi connectivity index (χ1n) is 7.61. The third kappa shape index (κ3) is 4.42. The molecule has 2 aromatic rings. The molecule has 3 unspecified atom stereocenters. The number of hydrogen-bond acceptors (Lipinski definition) is 2. The number of aliphatic hydroxyl groups excluding tert-OH is 1. The van der Waals surface area contributed by atoms with Gasteiger partial charge in [0.25, 0.3) is 0 Å². The molecule has 0 saturated carbocycles. The Morgan fingerprint density at radius 2 is 1.52 bits per heavy atom. The lowest BCUT2D eigenvalue weighted by molar-refractivity contribution is -0.0408. The molecule has 0 bridgehead atoms. The van der Waals surface area contributed by atoms with Crippen molar-refractivity contribution in [2.75, 3.05) is 0 Å². The number of ether oxygens (including phenoxy) is 1. The highest BCUT2D eigenvalue weighted by atomic mass is 16.5. The molecule has 0 aliphatic rings. The lowest BCUT2D eigenvalue weighted by atomic mass is 9.91. The Kier molecular flexibility index (Phi) is 5.97. The topological polar surface area (TPSA) is 29.5 Å². The molecule has 0 aromatic heterocycles. The lowest BCUT2D eigenvalue weighted by Gasteiger charge is -2.27. The summed E-state index contributed by atoms with van der Waals surface area (Å²) in [4.78, 5) is 0. The fourth-order valence-corrected chi connectivity index (χ4v) is 2.58. The molecule has 0 aliphatic heterocycles. The van der Waals surface area contributed by atoms with E-state index in [-0.39, 0.29) is 12.0 Å². The minimum atomic E-state index is -0.494. The van der Waals surface area contributed by atoms with Gasteiger partial charge in [-0.1, -0.05) is 74.5 Å². The van der Waals surface area contributed by atoms with E-state index in [1.165, 1.54) is 0 Å². The van der Waals surface area contributed by atoms with Gasteiger partial charge in [-0.3, -0.25) is 0 Å². The summed E-state index contributed by atoms with van der Waals surface area (Å²) in [5.41, 5.74) is 2.11. The van der Waals surface area contributed by atoms with Crippen molar-refractivity contribution in [3.8, 4) is 0 Å². The third-order valence-electron chi connectivity index (χ3n) is 3.93. The predicted octanol–water partition coefficient (Wildman–Crippen LogP) is 4.35. The van der Waals surface area contributed by atoms with Gasteiger partial charge in [0, 0.05) is 5.92 Å². The second-order valence-electron chi connectivity index (χ2n) is 5.46. The highest BCUT2D eigenvalue weighted by Crippen LogP contribution is 2.27. The zero-order valence-electron chi connectivity index (χ0n) is 12.8. The first-order valence-corrected chi connectivity index (χ1v) is 7.61. The molecule has 0 saturated heterocycles. The second kappa shape index (κ2) is 7.96. The average molecular weight is 284 g/mol. The monoisotopic (exact) mass is 284 g/mol. The van der Waals surface area contributed by atoms with Crippen LogP contribution in [0.1, 0.15) is 37.5 Å². The van der Waals surface area contributed by atoms with Crippen LogP contribution in [-0.2, 0) is 11.3 Å². The Balaban J connectivity index is 1.96. The quantitative estimate of drug-likeness (QED) is 0.819. The molecule has 2 heteroatoms. The minimum Gasteiger partial charge on any atom is -0.388 e. The van der Waals surface area contributed by atoms with Crippen LogP contribution in [0.3, 0.4) is 0 Å². The smallest absolute Gasteiger partial charge is 0.0840 e. The van der Waals surface area contributed by atoms with Crippen LogP contribution in [0.15, 0.2) is 60.7 Å². The Labute approximate surface area is 127 Å². The SMILES string of the molecule is CCC(OCc1ccccc1)C(C)C(O)c1ccccc1. The van der Waals surface area contributed by atoms with Gasteiger partial charge >= 0.3 is 0 Å². The summed E-state index contributed by atoms with van der Waals surface area (Å²) in [6.07, 6.45) is 0.435. The molecule has 0 amide bonds. The van der Waals surface area contributed by atoms with E-state index in [0.29, 0.717) is 6.61 Å². The molecule has 0 radical (unpaired) electrons.